The average molecular weight is 251 g/mol. The molecule has 1 saturated carbocycles. The topological polar surface area (TPSA) is 49.6 Å². The molecule has 0 aromatic heterocycles. The molecule has 18 heavy (non-hydrogen) atoms. The predicted molar refractivity (Wildman–Crippen MR) is 73.1 cm³/mol. The van der Waals surface area contributed by atoms with Crippen molar-refractivity contribution in [2.24, 2.45) is 11.7 Å². The number of nitrogens with zero attached hydrogens (tertiary/aromatic N) is 2. The number of hydrogen-bond acceptors (Lipinski definition) is 3. The Bertz CT molecular complexity index is 347. The summed E-state index contributed by atoms with van der Waals surface area (Å²) in [6, 6.07) is 0.0545. The average Bonchev–Trinajstić information content (AvgIpc) is 2.68. The Balaban J connectivity index is 1.93. The summed E-state index contributed by atoms with van der Waals surface area (Å²) >= 11 is 0. The summed E-state index contributed by atoms with van der Waals surface area (Å²) in [6.07, 6.45) is 8.33. The van der Waals surface area contributed by atoms with Gasteiger partial charge in [-0.1, -0.05) is 12.2 Å². The Morgan fingerprint density at radius 2 is 2.00 bits per heavy atom. The lowest BCUT2D eigenvalue weighted by atomic mass is 9.75. The Morgan fingerprint density at radius 1 is 1.33 bits per heavy atom. The number of carbonyl (C=O) groups excluding carboxylic acids is 1. The summed E-state index contributed by atoms with van der Waals surface area (Å²) in [7, 11) is 6.15. The van der Waals surface area contributed by atoms with E-state index in [9.17, 15) is 4.79 Å². The molecule has 2 N–H and O–H groups in total. The Morgan fingerprint density at radius 3 is 2.39 bits per heavy atom. The summed E-state index contributed by atoms with van der Waals surface area (Å²) < 4.78 is 0. The minimum Gasteiger partial charge on any atom is -0.343 e. The summed E-state index contributed by atoms with van der Waals surface area (Å²) in [5, 5.41) is 0. The van der Waals surface area contributed by atoms with Gasteiger partial charge in [-0.3, -0.25) is 4.79 Å². The normalized spacial score (nSPS) is 29.4. The summed E-state index contributed by atoms with van der Waals surface area (Å²) in [5.41, 5.74) is 6.01. The lowest BCUT2D eigenvalue weighted by Gasteiger charge is -2.49. The van der Waals surface area contributed by atoms with Crippen molar-refractivity contribution < 1.29 is 4.79 Å². The first-order chi connectivity index (χ1) is 8.44. The molecule has 0 aromatic rings. The summed E-state index contributed by atoms with van der Waals surface area (Å²) in [5.74, 6) is 0.205. The van der Waals surface area contributed by atoms with E-state index in [4.69, 9.17) is 5.73 Å². The maximum atomic E-state index is 12.3. The predicted octanol–water partition coefficient (Wildman–Crippen LogP) is 0.833. The molecule has 4 heteroatoms. The van der Waals surface area contributed by atoms with Crippen molar-refractivity contribution in [3.05, 3.63) is 12.2 Å². The molecule has 2 aliphatic rings. The van der Waals surface area contributed by atoms with Gasteiger partial charge in [0.2, 0.25) is 5.91 Å². The van der Waals surface area contributed by atoms with E-state index < -0.39 is 0 Å². The summed E-state index contributed by atoms with van der Waals surface area (Å²) in [6.45, 7) is 0.832. The van der Waals surface area contributed by atoms with Gasteiger partial charge in [-0.05, 0) is 39.8 Å². The highest BCUT2D eigenvalue weighted by Crippen LogP contribution is 2.37. The van der Waals surface area contributed by atoms with E-state index in [1.54, 1.807) is 0 Å². The molecule has 0 saturated heterocycles. The maximum Gasteiger partial charge on any atom is 0.229 e. The quantitative estimate of drug-likeness (QED) is 0.753. The van der Waals surface area contributed by atoms with Gasteiger partial charge in [-0.2, -0.15) is 0 Å². The standard InChI is InChI=1S/C14H25N3O/c1-16(2)14(7-4-8-14)10-17(3)13(18)11-5-6-12(15)9-11/h5-6,11-12H,4,7-10,15H2,1-3H3. The molecule has 0 bridgehead atoms. The van der Waals surface area contributed by atoms with Gasteiger partial charge < -0.3 is 15.5 Å². The minimum atomic E-state index is -0.00992. The molecule has 0 radical (unpaired) electrons. The minimum absolute atomic E-state index is 0.00992. The first-order valence-corrected chi connectivity index (χ1v) is 6.81. The molecule has 2 rings (SSSR count). The number of rotatable bonds is 4. The van der Waals surface area contributed by atoms with E-state index in [0.29, 0.717) is 0 Å². The van der Waals surface area contributed by atoms with Gasteiger partial charge in [0.1, 0.15) is 0 Å². The molecular weight excluding hydrogens is 226 g/mol. The van der Waals surface area contributed by atoms with Crippen LogP contribution in [0.4, 0.5) is 0 Å². The SMILES string of the molecule is CN(CC1(N(C)C)CCC1)C(=O)C1C=CC(N)C1. The van der Waals surface area contributed by atoms with Crippen molar-refractivity contribution in [3.63, 3.8) is 0 Å². The highest BCUT2D eigenvalue weighted by Gasteiger charge is 2.41. The number of amides is 1. The lowest BCUT2D eigenvalue weighted by Crippen LogP contribution is -2.57. The van der Waals surface area contributed by atoms with Gasteiger partial charge in [-0.15, -0.1) is 0 Å². The van der Waals surface area contributed by atoms with Crippen LogP contribution in [0.5, 0.6) is 0 Å². The molecule has 2 aliphatic carbocycles. The third-order valence-corrected chi connectivity index (χ3v) is 4.57. The van der Waals surface area contributed by atoms with Gasteiger partial charge >= 0.3 is 0 Å². The van der Waals surface area contributed by atoms with Crippen molar-refractivity contribution in [1.82, 2.24) is 9.80 Å². The van der Waals surface area contributed by atoms with Gasteiger partial charge in [0.15, 0.2) is 0 Å². The van der Waals surface area contributed by atoms with E-state index in [-0.39, 0.29) is 23.4 Å². The van der Waals surface area contributed by atoms with E-state index in [2.05, 4.69) is 19.0 Å². The van der Waals surface area contributed by atoms with Crippen LogP contribution in [0.3, 0.4) is 0 Å². The molecule has 0 heterocycles. The van der Waals surface area contributed by atoms with Crippen LogP contribution in [-0.2, 0) is 4.79 Å². The second-order valence-electron chi connectivity index (χ2n) is 6.06. The van der Waals surface area contributed by atoms with Crippen LogP contribution in [0.25, 0.3) is 0 Å². The van der Waals surface area contributed by atoms with Crippen molar-refractivity contribution in [2.75, 3.05) is 27.7 Å². The van der Waals surface area contributed by atoms with Crippen LogP contribution in [0.1, 0.15) is 25.7 Å². The fraction of sp³-hybridized carbons (Fsp3) is 0.786. The van der Waals surface area contributed by atoms with E-state index in [1.165, 1.54) is 19.3 Å². The van der Waals surface area contributed by atoms with Crippen LogP contribution >= 0.6 is 0 Å². The molecule has 2 unspecified atom stereocenters. The maximum absolute atomic E-state index is 12.3. The zero-order valence-corrected chi connectivity index (χ0v) is 11.7. The van der Waals surface area contributed by atoms with Crippen LogP contribution in [0.2, 0.25) is 0 Å². The van der Waals surface area contributed by atoms with E-state index in [0.717, 1.165) is 13.0 Å². The van der Waals surface area contributed by atoms with Crippen LogP contribution in [0.15, 0.2) is 12.2 Å². The molecule has 2 atom stereocenters. The van der Waals surface area contributed by atoms with Crippen LogP contribution < -0.4 is 5.73 Å². The van der Waals surface area contributed by atoms with Crippen molar-refractivity contribution in [3.8, 4) is 0 Å². The van der Waals surface area contributed by atoms with Crippen molar-refractivity contribution in [2.45, 2.75) is 37.3 Å². The largest absolute Gasteiger partial charge is 0.343 e. The number of carbonyl (C=O) groups is 1. The van der Waals surface area contributed by atoms with Crippen LogP contribution in [0, 0.1) is 5.92 Å². The van der Waals surface area contributed by atoms with Crippen molar-refractivity contribution in [1.29, 1.82) is 0 Å². The van der Waals surface area contributed by atoms with Gasteiger partial charge in [0, 0.05) is 25.2 Å². The summed E-state index contributed by atoms with van der Waals surface area (Å²) in [4.78, 5) is 16.5. The molecule has 102 valence electrons. The monoisotopic (exact) mass is 251 g/mol. The highest BCUT2D eigenvalue weighted by atomic mass is 16.2. The molecule has 0 aromatic carbocycles. The first kappa shape index (κ1) is 13.6. The lowest BCUT2D eigenvalue weighted by molar-refractivity contribution is -0.135. The van der Waals surface area contributed by atoms with Gasteiger partial charge in [0.25, 0.3) is 0 Å². The molecule has 1 fully saturated rings. The second kappa shape index (κ2) is 5.02. The Labute approximate surface area is 110 Å². The number of nitrogens with two attached hydrogens (primary N) is 1. The van der Waals surface area contributed by atoms with Gasteiger partial charge in [-0.25, -0.2) is 0 Å². The Kier molecular flexibility index (Phi) is 3.78. The number of likely N-dealkylation sites (N-methyl/N-ethyl adjacent to an activating group) is 2. The highest BCUT2D eigenvalue weighted by molar-refractivity contribution is 5.81. The molecule has 0 aliphatic heterocycles. The fourth-order valence-electron chi connectivity index (χ4n) is 3.04. The fourth-order valence-corrected chi connectivity index (χ4v) is 3.04. The second-order valence-corrected chi connectivity index (χ2v) is 6.06. The molecule has 1 amide bonds. The number of hydrogen-bond donors (Lipinski definition) is 1. The smallest absolute Gasteiger partial charge is 0.229 e. The zero-order valence-electron chi connectivity index (χ0n) is 11.7. The van der Waals surface area contributed by atoms with Crippen molar-refractivity contribution >= 4 is 5.91 Å². The molecular formula is C14H25N3O. The molecule has 4 nitrogen and oxygen atoms in total. The van der Waals surface area contributed by atoms with Gasteiger partial charge in [0.05, 0.1) is 5.92 Å². The van der Waals surface area contributed by atoms with E-state index >= 15 is 0 Å². The third-order valence-electron chi connectivity index (χ3n) is 4.57. The third kappa shape index (κ3) is 2.45. The first-order valence-electron chi connectivity index (χ1n) is 6.81. The zero-order chi connectivity index (χ0) is 13.3. The Hall–Kier alpha value is -0.870. The van der Waals surface area contributed by atoms with Crippen LogP contribution in [-0.4, -0.2) is 55.0 Å². The molecule has 0 spiro atoms. The van der Waals surface area contributed by atoms with E-state index in [1.807, 2.05) is 24.1 Å².